The average Bonchev–Trinajstić information content (AvgIpc) is 2.75. The van der Waals surface area contributed by atoms with Crippen molar-refractivity contribution in [3.8, 4) is 6.07 Å². The molecule has 0 spiro atoms. The summed E-state index contributed by atoms with van der Waals surface area (Å²) >= 11 is 0. The van der Waals surface area contributed by atoms with E-state index in [9.17, 15) is 5.11 Å². The maximum Gasteiger partial charge on any atom is 0.142 e. The Morgan fingerprint density at radius 2 is 2.50 bits per heavy atom. The number of anilines is 1. The van der Waals surface area contributed by atoms with Crippen LogP contribution in [0.1, 0.15) is 12.1 Å². The maximum absolute atomic E-state index is 10.00. The predicted octanol–water partition coefficient (Wildman–Crippen LogP) is 0.517. The normalized spacial score (nSPS) is 24.0. The first-order valence-corrected chi connectivity index (χ1v) is 5.13. The molecule has 1 saturated heterocycles. The van der Waals surface area contributed by atoms with Crippen LogP contribution >= 0.6 is 0 Å². The van der Waals surface area contributed by atoms with Gasteiger partial charge in [0.05, 0.1) is 6.61 Å². The van der Waals surface area contributed by atoms with Gasteiger partial charge in [0.25, 0.3) is 0 Å². The van der Waals surface area contributed by atoms with Gasteiger partial charge >= 0.3 is 0 Å². The highest BCUT2D eigenvalue weighted by Crippen LogP contribution is 2.18. The van der Waals surface area contributed by atoms with E-state index in [1.165, 1.54) is 0 Å². The van der Waals surface area contributed by atoms with Crippen LogP contribution in [0.25, 0.3) is 0 Å². The van der Waals surface area contributed by atoms with Crippen LogP contribution in [0.5, 0.6) is 0 Å². The highest BCUT2D eigenvalue weighted by atomic mass is 16.5. The van der Waals surface area contributed by atoms with E-state index in [1.807, 2.05) is 6.07 Å². The number of pyridine rings is 1. The first-order chi connectivity index (χ1) is 7.72. The van der Waals surface area contributed by atoms with E-state index < -0.39 is 5.60 Å². The molecule has 1 fully saturated rings. The van der Waals surface area contributed by atoms with E-state index in [1.54, 1.807) is 18.2 Å². The van der Waals surface area contributed by atoms with Crippen molar-refractivity contribution in [3.63, 3.8) is 0 Å². The van der Waals surface area contributed by atoms with Crippen molar-refractivity contribution in [3.05, 3.63) is 23.9 Å². The first-order valence-electron chi connectivity index (χ1n) is 5.13. The van der Waals surface area contributed by atoms with Crippen LogP contribution in [0, 0.1) is 11.3 Å². The summed E-state index contributed by atoms with van der Waals surface area (Å²) in [7, 11) is 0. The molecule has 1 aromatic rings. The summed E-state index contributed by atoms with van der Waals surface area (Å²) in [5, 5.41) is 21.7. The van der Waals surface area contributed by atoms with Gasteiger partial charge in [-0.05, 0) is 12.1 Å². The largest absolute Gasteiger partial charge is 0.386 e. The highest BCUT2D eigenvalue weighted by Gasteiger charge is 2.31. The number of aromatic nitrogens is 1. The van der Waals surface area contributed by atoms with Crippen molar-refractivity contribution >= 4 is 5.82 Å². The molecule has 1 aliphatic rings. The molecule has 1 aromatic heterocycles. The molecule has 2 rings (SSSR count). The zero-order valence-electron chi connectivity index (χ0n) is 8.81. The molecule has 84 valence electrons. The monoisotopic (exact) mass is 219 g/mol. The standard InChI is InChI=1S/C11H13N3O2/c12-6-9-2-1-3-10(14-9)13-7-11(15)4-5-16-8-11/h1-3,15H,4-5,7-8H2,(H,13,14). The van der Waals surface area contributed by atoms with E-state index in [4.69, 9.17) is 10.00 Å². The first kappa shape index (κ1) is 10.9. The number of nitrogens with one attached hydrogen (secondary N) is 1. The van der Waals surface area contributed by atoms with Crippen molar-refractivity contribution < 1.29 is 9.84 Å². The minimum absolute atomic E-state index is 0.345. The van der Waals surface area contributed by atoms with Gasteiger partial charge in [0, 0.05) is 19.6 Å². The van der Waals surface area contributed by atoms with Gasteiger partial charge < -0.3 is 15.2 Å². The van der Waals surface area contributed by atoms with Crippen LogP contribution in [-0.4, -0.2) is 35.5 Å². The number of nitrogens with zero attached hydrogens (tertiary/aromatic N) is 2. The summed E-state index contributed by atoms with van der Waals surface area (Å²) in [6.07, 6.45) is 0.623. The fourth-order valence-electron chi connectivity index (χ4n) is 1.59. The smallest absolute Gasteiger partial charge is 0.142 e. The Labute approximate surface area is 93.7 Å². The number of hydrogen-bond donors (Lipinski definition) is 2. The minimum atomic E-state index is -0.815. The summed E-state index contributed by atoms with van der Waals surface area (Å²) in [5.41, 5.74) is -0.454. The lowest BCUT2D eigenvalue weighted by atomic mass is 10.0. The lowest BCUT2D eigenvalue weighted by Gasteiger charge is -2.20. The summed E-state index contributed by atoms with van der Waals surface area (Å²) in [6, 6.07) is 7.12. The zero-order chi connectivity index (χ0) is 11.4. The Kier molecular flexibility index (Phi) is 3.04. The van der Waals surface area contributed by atoms with Crippen molar-refractivity contribution in [2.45, 2.75) is 12.0 Å². The second-order valence-electron chi connectivity index (χ2n) is 3.90. The summed E-state index contributed by atoms with van der Waals surface area (Å²) in [4.78, 5) is 4.06. The number of nitriles is 1. The van der Waals surface area contributed by atoms with Gasteiger partial charge in [0.2, 0.25) is 0 Å². The molecule has 0 aliphatic carbocycles. The fraction of sp³-hybridized carbons (Fsp3) is 0.455. The molecule has 1 aliphatic heterocycles. The van der Waals surface area contributed by atoms with Gasteiger partial charge in [-0.25, -0.2) is 4.98 Å². The number of hydrogen-bond acceptors (Lipinski definition) is 5. The average molecular weight is 219 g/mol. The van der Waals surface area contributed by atoms with E-state index >= 15 is 0 Å². The summed E-state index contributed by atoms with van der Waals surface area (Å²) in [5.74, 6) is 0.597. The van der Waals surface area contributed by atoms with Crippen LogP contribution in [0.4, 0.5) is 5.82 Å². The van der Waals surface area contributed by atoms with E-state index in [0.29, 0.717) is 37.7 Å². The second kappa shape index (κ2) is 4.47. The van der Waals surface area contributed by atoms with Crippen molar-refractivity contribution in [2.75, 3.05) is 25.1 Å². The molecule has 0 radical (unpaired) electrons. The van der Waals surface area contributed by atoms with E-state index in [0.717, 1.165) is 0 Å². The van der Waals surface area contributed by atoms with Crippen molar-refractivity contribution in [2.24, 2.45) is 0 Å². The predicted molar refractivity (Wildman–Crippen MR) is 57.8 cm³/mol. The SMILES string of the molecule is N#Cc1cccc(NCC2(O)CCOC2)n1. The van der Waals surface area contributed by atoms with Gasteiger partial charge in [-0.15, -0.1) is 0 Å². The Morgan fingerprint density at radius 1 is 1.62 bits per heavy atom. The molecular weight excluding hydrogens is 206 g/mol. The molecular formula is C11H13N3O2. The van der Waals surface area contributed by atoms with Gasteiger partial charge in [-0.3, -0.25) is 0 Å². The molecule has 5 heteroatoms. The number of aliphatic hydroxyl groups is 1. The molecule has 5 nitrogen and oxygen atoms in total. The van der Waals surface area contributed by atoms with Gasteiger partial charge in [0.15, 0.2) is 0 Å². The topological polar surface area (TPSA) is 78.2 Å². The third-order valence-electron chi connectivity index (χ3n) is 2.54. The second-order valence-corrected chi connectivity index (χ2v) is 3.90. The van der Waals surface area contributed by atoms with Gasteiger partial charge in [-0.1, -0.05) is 6.07 Å². The lowest BCUT2D eigenvalue weighted by molar-refractivity contribution is 0.0381. The minimum Gasteiger partial charge on any atom is -0.386 e. The van der Waals surface area contributed by atoms with E-state index in [-0.39, 0.29) is 0 Å². The molecule has 0 amide bonds. The molecule has 1 unspecified atom stereocenters. The molecule has 0 saturated carbocycles. The Morgan fingerprint density at radius 3 is 3.19 bits per heavy atom. The number of ether oxygens (including phenoxy) is 1. The van der Waals surface area contributed by atoms with Crippen LogP contribution in [0.2, 0.25) is 0 Å². The van der Waals surface area contributed by atoms with Crippen molar-refractivity contribution in [1.29, 1.82) is 5.26 Å². The zero-order valence-corrected chi connectivity index (χ0v) is 8.81. The van der Waals surface area contributed by atoms with Gasteiger partial charge in [-0.2, -0.15) is 5.26 Å². The Hall–Kier alpha value is -1.64. The van der Waals surface area contributed by atoms with Crippen LogP contribution in [0.3, 0.4) is 0 Å². The van der Waals surface area contributed by atoms with Gasteiger partial charge in [0.1, 0.15) is 23.2 Å². The quantitative estimate of drug-likeness (QED) is 0.774. The number of rotatable bonds is 3. The third kappa shape index (κ3) is 2.48. The molecule has 1 atom stereocenters. The summed E-state index contributed by atoms with van der Waals surface area (Å²) < 4.78 is 5.13. The van der Waals surface area contributed by atoms with Crippen LogP contribution < -0.4 is 5.32 Å². The van der Waals surface area contributed by atoms with Crippen molar-refractivity contribution in [1.82, 2.24) is 4.98 Å². The van der Waals surface area contributed by atoms with E-state index in [2.05, 4.69) is 10.3 Å². The molecule has 16 heavy (non-hydrogen) atoms. The molecule has 0 aromatic carbocycles. The Balaban J connectivity index is 1.96. The molecule has 0 bridgehead atoms. The highest BCUT2D eigenvalue weighted by molar-refractivity contribution is 5.38. The fourth-order valence-corrected chi connectivity index (χ4v) is 1.59. The third-order valence-corrected chi connectivity index (χ3v) is 2.54. The molecule has 2 N–H and O–H groups in total. The lowest BCUT2D eigenvalue weighted by Crippen LogP contribution is -2.37. The maximum atomic E-state index is 10.00. The summed E-state index contributed by atoms with van der Waals surface area (Å²) in [6.45, 7) is 1.32. The Bertz CT molecular complexity index is 408. The molecule has 2 heterocycles. The van der Waals surface area contributed by atoms with Crippen LogP contribution in [0.15, 0.2) is 18.2 Å². The van der Waals surface area contributed by atoms with Crippen LogP contribution in [-0.2, 0) is 4.74 Å².